The van der Waals surface area contributed by atoms with Crippen LogP contribution in [0.2, 0.25) is 0 Å². The van der Waals surface area contributed by atoms with Gasteiger partial charge in [-0.15, -0.1) is 11.6 Å². The first-order valence-electron chi connectivity index (χ1n) is 5.48. The number of rotatable bonds is 2. The molecule has 0 aliphatic carbocycles. The highest BCUT2D eigenvalue weighted by molar-refractivity contribution is 6.16. The van der Waals surface area contributed by atoms with E-state index in [1.807, 2.05) is 24.3 Å². The van der Waals surface area contributed by atoms with Gasteiger partial charge in [-0.05, 0) is 12.5 Å². The molecule has 5 heteroatoms. The van der Waals surface area contributed by atoms with Crippen LogP contribution in [0.5, 0.6) is 5.75 Å². The van der Waals surface area contributed by atoms with Crippen molar-refractivity contribution in [3.8, 4) is 5.75 Å². The summed E-state index contributed by atoms with van der Waals surface area (Å²) in [4.78, 5) is 4.29. The molecule has 0 amide bonds. The minimum atomic E-state index is 0.115. The quantitative estimate of drug-likeness (QED) is 0.769. The number of aromatic nitrogens is 2. The van der Waals surface area contributed by atoms with Gasteiger partial charge < -0.3 is 9.26 Å². The van der Waals surface area contributed by atoms with Crippen LogP contribution in [0.4, 0.5) is 0 Å². The maximum absolute atomic E-state index is 5.67. The van der Waals surface area contributed by atoms with Crippen LogP contribution in [0.25, 0.3) is 0 Å². The van der Waals surface area contributed by atoms with Crippen molar-refractivity contribution in [2.45, 2.75) is 18.2 Å². The van der Waals surface area contributed by atoms with Crippen LogP contribution in [0, 0.1) is 0 Å². The van der Waals surface area contributed by atoms with Crippen molar-refractivity contribution in [1.82, 2.24) is 10.1 Å². The van der Waals surface area contributed by atoms with Gasteiger partial charge in [0.25, 0.3) is 0 Å². The zero-order chi connectivity index (χ0) is 11.7. The van der Waals surface area contributed by atoms with Gasteiger partial charge in [0.05, 0.1) is 18.4 Å². The number of hydrogen-bond donors (Lipinski definition) is 0. The second-order valence-electron chi connectivity index (χ2n) is 3.91. The fourth-order valence-electron chi connectivity index (χ4n) is 2.06. The van der Waals surface area contributed by atoms with Gasteiger partial charge in [-0.2, -0.15) is 4.98 Å². The lowest BCUT2D eigenvalue weighted by Gasteiger charge is -2.22. The summed E-state index contributed by atoms with van der Waals surface area (Å²) in [6, 6.07) is 7.93. The molecule has 0 radical (unpaired) electrons. The van der Waals surface area contributed by atoms with E-state index in [-0.39, 0.29) is 11.8 Å². The first kappa shape index (κ1) is 10.6. The lowest BCUT2D eigenvalue weighted by molar-refractivity contribution is 0.256. The predicted octanol–water partition coefficient (Wildman–Crippen LogP) is 2.72. The maximum atomic E-state index is 5.67. The lowest BCUT2D eigenvalue weighted by Crippen LogP contribution is -2.15. The van der Waals surface area contributed by atoms with E-state index in [0.717, 1.165) is 17.7 Å². The zero-order valence-corrected chi connectivity index (χ0v) is 9.85. The zero-order valence-electron chi connectivity index (χ0n) is 9.10. The maximum Gasteiger partial charge on any atom is 0.234 e. The Morgan fingerprint density at radius 1 is 1.35 bits per heavy atom. The van der Waals surface area contributed by atoms with Gasteiger partial charge in [-0.3, -0.25) is 0 Å². The Hall–Kier alpha value is -1.55. The molecule has 1 aliphatic rings. The summed E-state index contributed by atoms with van der Waals surface area (Å²) < 4.78 is 10.8. The molecule has 2 heterocycles. The van der Waals surface area contributed by atoms with E-state index < -0.39 is 0 Å². The standard InChI is InChI=1S/C12H11ClN2O2/c13-7-11-14-12(17-15-11)9-5-6-16-10-4-2-1-3-8(9)10/h1-4,9H,5-7H2. The van der Waals surface area contributed by atoms with Crippen molar-refractivity contribution in [1.29, 1.82) is 0 Å². The number of hydrogen-bond acceptors (Lipinski definition) is 4. The SMILES string of the molecule is ClCc1noc(C2CCOc3ccccc32)n1. The Morgan fingerprint density at radius 3 is 3.06 bits per heavy atom. The van der Waals surface area contributed by atoms with E-state index in [9.17, 15) is 0 Å². The van der Waals surface area contributed by atoms with E-state index >= 15 is 0 Å². The fraction of sp³-hybridized carbons (Fsp3) is 0.333. The molecular weight excluding hydrogens is 240 g/mol. The summed E-state index contributed by atoms with van der Waals surface area (Å²) in [5, 5.41) is 3.82. The molecule has 3 rings (SSSR count). The molecule has 1 aliphatic heterocycles. The van der Waals surface area contributed by atoms with Crippen LogP contribution in [-0.4, -0.2) is 16.7 Å². The summed E-state index contributed by atoms with van der Waals surface area (Å²) in [5.41, 5.74) is 1.10. The largest absolute Gasteiger partial charge is 0.493 e. The van der Waals surface area contributed by atoms with Crippen LogP contribution in [-0.2, 0) is 5.88 Å². The molecular formula is C12H11ClN2O2. The third kappa shape index (κ3) is 1.89. The molecule has 0 bridgehead atoms. The minimum Gasteiger partial charge on any atom is -0.493 e. The highest BCUT2D eigenvalue weighted by Crippen LogP contribution is 2.37. The molecule has 0 fully saturated rings. The highest BCUT2D eigenvalue weighted by atomic mass is 35.5. The molecule has 1 unspecified atom stereocenters. The van der Waals surface area contributed by atoms with Gasteiger partial charge >= 0.3 is 0 Å². The van der Waals surface area contributed by atoms with Gasteiger partial charge in [-0.25, -0.2) is 0 Å². The van der Waals surface area contributed by atoms with Crippen LogP contribution in [0.15, 0.2) is 28.8 Å². The topological polar surface area (TPSA) is 48.2 Å². The monoisotopic (exact) mass is 250 g/mol. The third-order valence-corrected chi connectivity index (χ3v) is 3.10. The van der Waals surface area contributed by atoms with Gasteiger partial charge in [-0.1, -0.05) is 23.4 Å². The summed E-state index contributed by atoms with van der Waals surface area (Å²) in [6.45, 7) is 0.667. The molecule has 4 nitrogen and oxygen atoms in total. The van der Waals surface area contributed by atoms with Gasteiger partial charge in [0.1, 0.15) is 5.75 Å². The molecule has 1 aromatic heterocycles. The molecule has 0 saturated heterocycles. The number of nitrogens with zero attached hydrogens (tertiary/aromatic N) is 2. The fourth-order valence-corrected chi connectivity index (χ4v) is 2.17. The number of fused-ring (bicyclic) bond motifs is 1. The molecule has 1 aromatic carbocycles. The molecule has 0 N–H and O–H groups in total. The molecule has 1 atom stereocenters. The van der Waals surface area contributed by atoms with Crippen LogP contribution >= 0.6 is 11.6 Å². The van der Waals surface area contributed by atoms with Crippen LogP contribution < -0.4 is 4.74 Å². The summed E-state index contributed by atoms with van der Waals surface area (Å²) in [7, 11) is 0. The molecule has 0 saturated carbocycles. The highest BCUT2D eigenvalue weighted by Gasteiger charge is 2.27. The molecule has 88 valence electrons. The van der Waals surface area contributed by atoms with Crippen LogP contribution in [0.1, 0.15) is 29.6 Å². The van der Waals surface area contributed by atoms with E-state index in [1.165, 1.54) is 0 Å². The van der Waals surface area contributed by atoms with Crippen LogP contribution in [0.3, 0.4) is 0 Å². The summed E-state index contributed by atoms with van der Waals surface area (Å²) in [5.74, 6) is 2.44. The summed E-state index contributed by atoms with van der Waals surface area (Å²) >= 11 is 5.67. The van der Waals surface area contributed by atoms with Crippen molar-refractivity contribution in [3.05, 3.63) is 41.5 Å². The normalized spacial score (nSPS) is 18.5. The number of benzene rings is 1. The Balaban J connectivity index is 1.99. The van der Waals surface area contributed by atoms with E-state index in [4.69, 9.17) is 20.9 Å². The second kappa shape index (κ2) is 4.37. The number of alkyl halides is 1. The number of ether oxygens (including phenoxy) is 1. The number of para-hydroxylation sites is 1. The van der Waals surface area contributed by atoms with Gasteiger partial charge in [0.15, 0.2) is 5.82 Å². The Kier molecular flexibility index (Phi) is 2.73. The second-order valence-corrected chi connectivity index (χ2v) is 4.18. The smallest absolute Gasteiger partial charge is 0.234 e. The molecule has 0 spiro atoms. The third-order valence-electron chi connectivity index (χ3n) is 2.86. The Morgan fingerprint density at radius 2 is 2.24 bits per heavy atom. The average Bonchev–Trinajstić information content (AvgIpc) is 2.87. The van der Waals surface area contributed by atoms with Crippen molar-refractivity contribution in [2.24, 2.45) is 0 Å². The van der Waals surface area contributed by atoms with E-state index in [2.05, 4.69) is 10.1 Å². The average molecular weight is 251 g/mol. The van der Waals surface area contributed by atoms with Gasteiger partial charge in [0, 0.05) is 5.56 Å². The van der Waals surface area contributed by atoms with Gasteiger partial charge in [0.2, 0.25) is 5.89 Å². The lowest BCUT2D eigenvalue weighted by atomic mass is 9.93. The molecule has 17 heavy (non-hydrogen) atoms. The first-order valence-corrected chi connectivity index (χ1v) is 6.02. The summed E-state index contributed by atoms with van der Waals surface area (Å²) in [6.07, 6.45) is 0.848. The predicted molar refractivity (Wildman–Crippen MR) is 62.3 cm³/mol. The van der Waals surface area contributed by atoms with E-state index in [0.29, 0.717) is 18.3 Å². The Bertz CT molecular complexity index is 527. The van der Waals surface area contributed by atoms with Crippen molar-refractivity contribution in [2.75, 3.05) is 6.61 Å². The van der Waals surface area contributed by atoms with Crippen molar-refractivity contribution >= 4 is 11.6 Å². The van der Waals surface area contributed by atoms with E-state index in [1.54, 1.807) is 0 Å². The van der Waals surface area contributed by atoms with Crippen molar-refractivity contribution < 1.29 is 9.26 Å². The Labute approximate surface area is 104 Å². The first-order chi connectivity index (χ1) is 8.38. The minimum absolute atomic E-state index is 0.115. The number of halogens is 1. The van der Waals surface area contributed by atoms with Crippen molar-refractivity contribution in [3.63, 3.8) is 0 Å². The molecule has 2 aromatic rings.